The molecule has 26 heavy (non-hydrogen) atoms. The van der Waals surface area contributed by atoms with Gasteiger partial charge in [0.25, 0.3) is 0 Å². The number of aromatic nitrogens is 3. The van der Waals surface area contributed by atoms with Gasteiger partial charge in [0.2, 0.25) is 5.91 Å². The van der Waals surface area contributed by atoms with Gasteiger partial charge in [-0.15, -0.1) is 0 Å². The number of carbonyl (C=O) groups is 1. The molecular weight excluding hydrogens is 348 g/mol. The SMILES string of the molecule is O=C1C(Cc2ccc(Cl)nc2)CCN1c1ccc(-c2ccncc2)nc1. The molecule has 3 aromatic rings. The molecule has 1 aliphatic rings. The van der Waals surface area contributed by atoms with E-state index in [-0.39, 0.29) is 11.8 Å². The van der Waals surface area contributed by atoms with Crippen LogP contribution < -0.4 is 4.90 Å². The third-order valence-corrected chi connectivity index (χ3v) is 4.85. The number of pyridine rings is 3. The highest BCUT2D eigenvalue weighted by Gasteiger charge is 2.32. The largest absolute Gasteiger partial charge is 0.311 e. The Morgan fingerprint density at radius 1 is 1.04 bits per heavy atom. The molecule has 1 amide bonds. The highest BCUT2D eigenvalue weighted by Crippen LogP contribution is 2.28. The molecule has 1 fully saturated rings. The van der Waals surface area contributed by atoms with Crippen molar-refractivity contribution in [3.8, 4) is 11.3 Å². The Labute approximate surface area is 156 Å². The fourth-order valence-electron chi connectivity index (χ4n) is 3.24. The smallest absolute Gasteiger partial charge is 0.230 e. The van der Waals surface area contributed by atoms with Crippen LogP contribution in [0.4, 0.5) is 5.69 Å². The van der Waals surface area contributed by atoms with Gasteiger partial charge in [0.15, 0.2) is 0 Å². The first kappa shape index (κ1) is 16.7. The molecule has 0 aromatic carbocycles. The van der Waals surface area contributed by atoms with Crippen molar-refractivity contribution < 1.29 is 4.79 Å². The van der Waals surface area contributed by atoms with E-state index in [4.69, 9.17) is 11.6 Å². The average Bonchev–Trinajstić information content (AvgIpc) is 3.05. The van der Waals surface area contributed by atoms with E-state index >= 15 is 0 Å². The van der Waals surface area contributed by atoms with Crippen molar-refractivity contribution in [1.82, 2.24) is 15.0 Å². The van der Waals surface area contributed by atoms with Gasteiger partial charge in [-0.05, 0) is 48.7 Å². The van der Waals surface area contributed by atoms with Crippen molar-refractivity contribution in [2.45, 2.75) is 12.8 Å². The first-order valence-electron chi connectivity index (χ1n) is 8.49. The van der Waals surface area contributed by atoms with Crippen molar-refractivity contribution in [1.29, 1.82) is 0 Å². The fraction of sp³-hybridized carbons (Fsp3) is 0.200. The van der Waals surface area contributed by atoms with Crippen LogP contribution in [0.1, 0.15) is 12.0 Å². The summed E-state index contributed by atoms with van der Waals surface area (Å²) >= 11 is 5.82. The van der Waals surface area contributed by atoms with Crippen molar-refractivity contribution in [2.75, 3.05) is 11.4 Å². The van der Waals surface area contributed by atoms with E-state index in [9.17, 15) is 4.79 Å². The normalized spacial score (nSPS) is 16.9. The Balaban J connectivity index is 1.47. The molecule has 0 radical (unpaired) electrons. The Hall–Kier alpha value is -2.79. The maximum atomic E-state index is 12.8. The second-order valence-electron chi connectivity index (χ2n) is 6.31. The molecule has 0 bridgehead atoms. The molecule has 4 heterocycles. The van der Waals surface area contributed by atoms with E-state index in [0.717, 1.165) is 28.9 Å². The van der Waals surface area contributed by atoms with Crippen LogP contribution in [0.5, 0.6) is 0 Å². The molecule has 5 nitrogen and oxygen atoms in total. The molecule has 0 N–H and O–H groups in total. The predicted molar refractivity (Wildman–Crippen MR) is 101 cm³/mol. The molecular formula is C20H17ClN4O. The molecule has 0 aliphatic carbocycles. The molecule has 1 atom stereocenters. The molecule has 0 saturated carbocycles. The molecule has 130 valence electrons. The number of halogens is 1. The zero-order valence-corrected chi connectivity index (χ0v) is 14.8. The van der Waals surface area contributed by atoms with Crippen LogP contribution in [0.3, 0.4) is 0 Å². The van der Waals surface area contributed by atoms with Crippen LogP contribution in [0.2, 0.25) is 5.15 Å². The van der Waals surface area contributed by atoms with E-state index in [0.29, 0.717) is 18.1 Å². The van der Waals surface area contributed by atoms with Gasteiger partial charge in [-0.3, -0.25) is 14.8 Å². The van der Waals surface area contributed by atoms with Crippen molar-refractivity contribution in [2.24, 2.45) is 5.92 Å². The Morgan fingerprint density at radius 2 is 1.88 bits per heavy atom. The topological polar surface area (TPSA) is 59.0 Å². The molecule has 3 aromatic heterocycles. The van der Waals surface area contributed by atoms with Gasteiger partial charge in [-0.25, -0.2) is 4.98 Å². The van der Waals surface area contributed by atoms with Crippen molar-refractivity contribution in [3.63, 3.8) is 0 Å². The van der Waals surface area contributed by atoms with E-state index in [2.05, 4.69) is 15.0 Å². The highest BCUT2D eigenvalue weighted by molar-refractivity contribution is 6.29. The summed E-state index contributed by atoms with van der Waals surface area (Å²) in [6.07, 6.45) is 8.50. The molecule has 1 saturated heterocycles. The van der Waals surface area contributed by atoms with Crippen LogP contribution in [0.15, 0.2) is 61.2 Å². The first-order valence-corrected chi connectivity index (χ1v) is 8.87. The van der Waals surface area contributed by atoms with Gasteiger partial charge in [0.05, 0.1) is 17.6 Å². The molecule has 1 aliphatic heterocycles. The van der Waals surface area contributed by atoms with E-state index in [1.165, 1.54) is 0 Å². The number of rotatable bonds is 4. The monoisotopic (exact) mass is 364 g/mol. The van der Waals surface area contributed by atoms with Crippen LogP contribution in [-0.4, -0.2) is 27.4 Å². The summed E-state index contributed by atoms with van der Waals surface area (Å²) in [7, 11) is 0. The number of hydrogen-bond acceptors (Lipinski definition) is 4. The molecule has 0 spiro atoms. The van der Waals surface area contributed by atoms with Gasteiger partial charge in [0, 0.05) is 36.6 Å². The number of anilines is 1. The second kappa shape index (κ2) is 7.22. The summed E-state index contributed by atoms with van der Waals surface area (Å²) in [5.74, 6) is 0.108. The Morgan fingerprint density at radius 3 is 2.58 bits per heavy atom. The van der Waals surface area contributed by atoms with Crippen molar-refractivity contribution in [3.05, 3.63) is 71.9 Å². The summed E-state index contributed by atoms with van der Waals surface area (Å²) in [4.78, 5) is 27.2. The van der Waals surface area contributed by atoms with Gasteiger partial charge < -0.3 is 4.90 Å². The summed E-state index contributed by atoms with van der Waals surface area (Å²) < 4.78 is 0. The van der Waals surface area contributed by atoms with Crippen LogP contribution in [0, 0.1) is 5.92 Å². The maximum Gasteiger partial charge on any atom is 0.230 e. The zero-order valence-electron chi connectivity index (χ0n) is 14.0. The lowest BCUT2D eigenvalue weighted by atomic mass is 9.99. The van der Waals surface area contributed by atoms with Crippen LogP contribution in [-0.2, 0) is 11.2 Å². The number of carbonyl (C=O) groups excluding carboxylic acids is 1. The standard InChI is InChI=1S/C20H17ClN4O/c21-19-4-1-14(12-24-19)11-16-7-10-25(20(16)26)17-2-3-18(23-13-17)15-5-8-22-9-6-15/h1-6,8-9,12-13,16H,7,10-11H2. The summed E-state index contributed by atoms with van der Waals surface area (Å²) in [6.45, 7) is 0.709. The minimum atomic E-state index is -0.0298. The van der Waals surface area contributed by atoms with Gasteiger partial charge in [0.1, 0.15) is 5.15 Å². The van der Waals surface area contributed by atoms with Crippen LogP contribution in [0.25, 0.3) is 11.3 Å². The van der Waals surface area contributed by atoms with Gasteiger partial charge in [-0.1, -0.05) is 17.7 Å². The van der Waals surface area contributed by atoms with Crippen molar-refractivity contribution >= 4 is 23.2 Å². The number of hydrogen-bond donors (Lipinski definition) is 0. The third kappa shape index (κ3) is 3.44. The maximum absolute atomic E-state index is 12.8. The predicted octanol–water partition coefficient (Wildman–Crippen LogP) is 3.79. The second-order valence-corrected chi connectivity index (χ2v) is 6.69. The lowest BCUT2D eigenvalue weighted by Crippen LogP contribution is -2.27. The lowest BCUT2D eigenvalue weighted by molar-refractivity contribution is -0.120. The van der Waals surface area contributed by atoms with Gasteiger partial charge in [-0.2, -0.15) is 0 Å². The minimum Gasteiger partial charge on any atom is -0.311 e. The molecule has 6 heteroatoms. The lowest BCUT2D eigenvalue weighted by Gasteiger charge is -2.17. The third-order valence-electron chi connectivity index (χ3n) is 4.62. The average molecular weight is 365 g/mol. The minimum absolute atomic E-state index is 0.0298. The van der Waals surface area contributed by atoms with Crippen LogP contribution >= 0.6 is 11.6 Å². The molecule has 4 rings (SSSR count). The molecule has 1 unspecified atom stereocenters. The fourth-order valence-corrected chi connectivity index (χ4v) is 3.35. The first-order chi connectivity index (χ1) is 12.7. The Kier molecular flexibility index (Phi) is 4.63. The summed E-state index contributed by atoms with van der Waals surface area (Å²) in [6, 6.07) is 11.4. The highest BCUT2D eigenvalue weighted by atomic mass is 35.5. The summed E-state index contributed by atoms with van der Waals surface area (Å²) in [5, 5.41) is 0.466. The number of amides is 1. The summed E-state index contributed by atoms with van der Waals surface area (Å²) in [5.41, 5.74) is 3.74. The van der Waals surface area contributed by atoms with E-state index in [1.54, 1.807) is 30.9 Å². The number of nitrogens with zero attached hydrogens (tertiary/aromatic N) is 4. The van der Waals surface area contributed by atoms with E-state index < -0.39 is 0 Å². The van der Waals surface area contributed by atoms with E-state index in [1.807, 2.05) is 35.2 Å². The quantitative estimate of drug-likeness (QED) is 0.661. The van der Waals surface area contributed by atoms with Gasteiger partial charge >= 0.3 is 0 Å². The zero-order chi connectivity index (χ0) is 17.9. The Bertz CT molecular complexity index is 897.